The minimum atomic E-state index is -0.176. The van der Waals surface area contributed by atoms with Crippen LogP contribution in [0.5, 0.6) is 0 Å². The number of hydrogen-bond acceptors (Lipinski definition) is 3. The molecule has 1 aromatic carbocycles. The van der Waals surface area contributed by atoms with Crippen molar-refractivity contribution in [1.29, 1.82) is 0 Å². The highest BCUT2D eigenvalue weighted by molar-refractivity contribution is 7.15. The molecule has 1 unspecified atom stereocenters. The molecule has 1 heterocycles. The van der Waals surface area contributed by atoms with Gasteiger partial charge in [0.2, 0.25) is 0 Å². The minimum absolute atomic E-state index is 0.00492. The Bertz CT molecular complexity index is 741. The van der Waals surface area contributed by atoms with Gasteiger partial charge in [0.15, 0.2) is 0 Å². The summed E-state index contributed by atoms with van der Waals surface area (Å²) < 4.78 is 0. The van der Waals surface area contributed by atoms with Crippen LogP contribution >= 0.6 is 22.9 Å². The first-order valence-electron chi connectivity index (χ1n) is 6.99. The molecular formula is C16H15ClN2O2S. The normalized spacial score (nSPS) is 16.2. The maximum atomic E-state index is 12.3. The van der Waals surface area contributed by atoms with Crippen molar-refractivity contribution in [2.45, 2.75) is 18.9 Å². The van der Waals surface area contributed by atoms with E-state index in [4.69, 9.17) is 11.6 Å². The smallest absolute Gasteiger partial charge is 0.261 e. The summed E-state index contributed by atoms with van der Waals surface area (Å²) in [7, 11) is 1.57. The molecule has 22 heavy (non-hydrogen) atoms. The lowest BCUT2D eigenvalue weighted by Crippen LogP contribution is -2.26. The highest BCUT2D eigenvalue weighted by Crippen LogP contribution is 2.33. The van der Waals surface area contributed by atoms with E-state index in [1.165, 1.54) is 16.9 Å². The van der Waals surface area contributed by atoms with Gasteiger partial charge in [-0.25, -0.2) is 0 Å². The number of aryl methyl sites for hydroxylation is 1. The number of fused-ring (bicyclic) bond motifs is 1. The van der Waals surface area contributed by atoms with Gasteiger partial charge in [-0.1, -0.05) is 17.7 Å². The number of nitrogens with one attached hydrogen (secondary N) is 2. The Morgan fingerprint density at radius 1 is 1.18 bits per heavy atom. The number of carbonyl (C=O) groups is 2. The average molecular weight is 335 g/mol. The van der Waals surface area contributed by atoms with Crippen molar-refractivity contribution in [1.82, 2.24) is 10.6 Å². The monoisotopic (exact) mass is 334 g/mol. The van der Waals surface area contributed by atoms with E-state index in [-0.39, 0.29) is 17.9 Å². The molecule has 0 bridgehead atoms. The zero-order valence-corrected chi connectivity index (χ0v) is 13.6. The maximum absolute atomic E-state index is 12.3. The summed E-state index contributed by atoms with van der Waals surface area (Å²) in [4.78, 5) is 25.0. The van der Waals surface area contributed by atoms with E-state index in [0.29, 0.717) is 9.75 Å². The Hall–Kier alpha value is -1.85. The number of benzene rings is 1. The summed E-state index contributed by atoms with van der Waals surface area (Å²) in [6.45, 7) is 0. The zero-order chi connectivity index (χ0) is 15.7. The fourth-order valence-corrected chi connectivity index (χ4v) is 3.72. The average Bonchev–Trinajstić information content (AvgIpc) is 3.13. The molecule has 1 aliphatic carbocycles. The van der Waals surface area contributed by atoms with Crippen molar-refractivity contribution in [2.75, 3.05) is 7.05 Å². The van der Waals surface area contributed by atoms with Gasteiger partial charge in [0, 0.05) is 12.1 Å². The second-order valence-corrected chi connectivity index (χ2v) is 6.67. The van der Waals surface area contributed by atoms with E-state index < -0.39 is 0 Å². The van der Waals surface area contributed by atoms with Crippen LogP contribution in [0.2, 0.25) is 5.02 Å². The Morgan fingerprint density at radius 2 is 1.91 bits per heavy atom. The minimum Gasteiger partial charge on any atom is -0.354 e. The molecule has 1 aromatic heterocycles. The summed E-state index contributed by atoms with van der Waals surface area (Å²) in [5, 5.41) is 6.31. The van der Waals surface area contributed by atoms with Gasteiger partial charge < -0.3 is 10.6 Å². The number of rotatable bonds is 3. The van der Waals surface area contributed by atoms with Crippen molar-refractivity contribution in [3.63, 3.8) is 0 Å². The molecule has 1 aliphatic rings. The van der Waals surface area contributed by atoms with Crippen LogP contribution in [0.1, 0.15) is 42.9 Å². The van der Waals surface area contributed by atoms with Gasteiger partial charge in [-0.2, -0.15) is 0 Å². The first kappa shape index (κ1) is 15.1. The Balaban J connectivity index is 1.73. The van der Waals surface area contributed by atoms with E-state index in [1.54, 1.807) is 19.2 Å². The van der Waals surface area contributed by atoms with Crippen LogP contribution in [-0.2, 0) is 6.42 Å². The fraction of sp³-hybridized carbons (Fsp3) is 0.250. The van der Waals surface area contributed by atoms with Gasteiger partial charge in [-0.3, -0.25) is 9.59 Å². The summed E-state index contributed by atoms with van der Waals surface area (Å²) in [6, 6.07) is 9.13. The van der Waals surface area contributed by atoms with Gasteiger partial charge in [0.1, 0.15) is 0 Å². The van der Waals surface area contributed by atoms with E-state index in [2.05, 4.69) is 10.6 Å². The quantitative estimate of drug-likeness (QED) is 0.905. The molecule has 0 spiro atoms. The van der Waals surface area contributed by atoms with Crippen LogP contribution in [0, 0.1) is 0 Å². The van der Waals surface area contributed by atoms with Gasteiger partial charge in [-0.05, 0) is 48.2 Å². The zero-order valence-electron chi connectivity index (χ0n) is 12.0. The topological polar surface area (TPSA) is 58.2 Å². The fourth-order valence-electron chi connectivity index (χ4n) is 2.67. The number of amides is 2. The van der Waals surface area contributed by atoms with E-state index in [1.807, 2.05) is 18.2 Å². The lowest BCUT2D eigenvalue weighted by Gasteiger charge is -2.13. The summed E-state index contributed by atoms with van der Waals surface area (Å²) in [6.07, 6.45) is 1.78. The summed E-state index contributed by atoms with van der Waals surface area (Å²) >= 11 is 7.19. The summed E-state index contributed by atoms with van der Waals surface area (Å²) in [5.41, 5.74) is 2.32. The highest BCUT2D eigenvalue weighted by atomic mass is 35.5. The molecule has 3 rings (SSSR count). The third-order valence-electron chi connectivity index (χ3n) is 3.77. The van der Waals surface area contributed by atoms with Crippen molar-refractivity contribution >= 4 is 34.8 Å². The predicted molar refractivity (Wildman–Crippen MR) is 87.7 cm³/mol. The molecular weight excluding hydrogens is 320 g/mol. The van der Waals surface area contributed by atoms with Crippen LogP contribution in [-0.4, -0.2) is 18.9 Å². The first-order valence-corrected chi connectivity index (χ1v) is 8.19. The third-order valence-corrected chi connectivity index (χ3v) is 5.09. The van der Waals surface area contributed by atoms with Crippen LogP contribution in [0.4, 0.5) is 0 Å². The van der Waals surface area contributed by atoms with Crippen LogP contribution in [0.3, 0.4) is 0 Å². The molecule has 1 atom stereocenters. The number of carbonyl (C=O) groups excluding carboxylic acids is 2. The van der Waals surface area contributed by atoms with Crippen LogP contribution in [0.25, 0.3) is 0 Å². The molecule has 6 heteroatoms. The summed E-state index contributed by atoms with van der Waals surface area (Å²) in [5.74, 6) is -0.321. The highest BCUT2D eigenvalue weighted by Gasteiger charge is 2.25. The third kappa shape index (κ3) is 2.87. The van der Waals surface area contributed by atoms with E-state index in [9.17, 15) is 9.59 Å². The van der Waals surface area contributed by atoms with Crippen molar-refractivity contribution in [3.8, 4) is 0 Å². The second kappa shape index (κ2) is 6.10. The van der Waals surface area contributed by atoms with Gasteiger partial charge in [0.25, 0.3) is 11.8 Å². The van der Waals surface area contributed by atoms with Crippen molar-refractivity contribution in [2.24, 2.45) is 0 Å². The molecule has 2 amide bonds. The molecule has 0 fully saturated rings. The molecule has 0 aliphatic heterocycles. The lowest BCUT2D eigenvalue weighted by atomic mass is 10.1. The molecule has 2 aromatic rings. The first-order chi connectivity index (χ1) is 10.6. The predicted octanol–water partition coefficient (Wildman–Crippen LogP) is 3.18. The SMILES string of the molecule is CNC(=O)c1ccc(C(=O)NC2CCc3cc(Cl)ccc32)s1. The number of thiophene rings is 1. The lowest BCUT2D eigenvalue weighted by molar-refractivity contribution is 0.0939. The molecule has 114 valence electrons. The standard InChI is InChI=1S/C16H15ClN2O2S/c1-18-15(20)13-6-7-14(22-13)16(21)19-12-5-2-9-8-10(17)3-4-11(9)12/h3-4,6-8,12H,2,5H2,1H3,(H,18,20)(H,19,21). The van der Waals surface area contributed by atoms with Gasteiger partial charge >= 0.3 is 0 Å². The van der Waals surface area contributed by atoms with Crippen LogP contribution < -0.4 is 10.6 Å². The Morgan fingerprint density at radius 3 is 2.64 bits per heavy atom. The van der Waals surface area contributed by atoms with E-state index >= 15 is 0 Å². The molecule has 0 saturated carbocycles. The molecule has 0 radical (unpaired) electrons. The van der Waals surface area contributed by atoms with Crippen molar-refractivity contribution in [3.05, 3.63) is 56.2 Å². The Kier molecular flexibility index (Phi) is 4.18. The van der Waals surface area contributed by atoms with Crippen LogP contribution in [0.15, 0.2) is 30.3 Å². The Labute approximate surface area is 137 Å². The number of halogens is 1. The second-order valence-electron chi connectivity index (χ2n) is 5.15. The van der Waals surface area contributed by atoms with Gasteiger partial charge in [-0.15, -0.1) is 11.3 Å². The van der Waals surface area contributed by atoms with Crippen molar-refractivity contribution < 1.29 is 9.59 Å². The van der Waals surface area contributed by atoms with E-state index in [0.717, 1.165) is 23.4 Å². The number of hydrogen-bond donors (Lipinski definition) is 2. The largest absolute Gasteiger partial charge is 0.354 e. The molecule has 0 saturated heterocycles. The molecule has 2 N–H and O–H groups in total. The van der Waals surface area contributed by atoms with Gasteiger partial charge in [0.05, 0.1) is 15.8 Å². The maximum Gasteiger partial charge on any atom is 0.261 e. The molecule has 4 nitrogen and oxygen atoms in total.